The Labute approximate surface area is 180 Å². The van der Waals surface area contributed by atoms with Gasteiger partial charge < -0.3 is 10.1 Å². The number of hydrogen-bond donors (Lipinski definition) is 2. The van der Waals surface area contributed by atoms with Crippen molar-refractivity contribution in [3.63, 3.8) is 0 Å². The van der Waals surface area contributed by atoms with Crippen LogP contribution in [0.25, 0.3) is 0 Å². The van der Waals surface area contributed by atoms with Crippen LogP contribution in [0.15, 0.2) is 71.6 Å². The highest BCUT2D eigenvalue weighted by Gasteiger charge is 2.19. The maximum absolute atomic E-state index is 12.8. The first-order chi connectivity index (χ1) is 14.3. The summed E-state index contributed by atoms with van der Waals surface area (Å²) in [5.74, 6) is 0.0404. The largest absolute Gasteiger partial charge is 0.495 e. The zero-order valence-electron chi connectivity index (χ0n) is 16.5. The molecule has 2 N–H and O–H groups in total. The topological polar surface area (TPSA) is 84.5 Å². The summed E-state index contributed by atoms with van der Waals surface area (Å²) in [7, 11) is -2.30. The number of amides is 1. The Balaban J connectivity index is 1.80. The van der Waals surface area contributed by atoms with Crippen LogP contribution < -0.4 is 14.8 Å². The second-order valence-electron chi connectivity index (χ2n) is 6.59. The number of benzene rings is 3. The number of nitrogens with one attached hydrogen (secondary N) is 2. The summed E-state index contributed by atoms with van der Waals surface area (Å²) in [6.07, 6.45) is 0. The van der Waals surface area contributed by atoms with Crippen LogP contribution in [0.4, 0.5) is 5.69 Å². The van der Waals surface area contributed by atoms with Crippen molar-refractivity contribution in [1.82, 2.24) is 4.72 Å². The van der Waals surface area contributed by atoms with Gasteiger partial charge in [-0.15, -0.1) is 0 Å². The average molecular weight is 445 g/mol. The van der Waals surface area contributed by atoms with Crippen LogP contribution in [0.1, 0.15) is 21.5 Å². The minimum Gasteiger partial charge on any atom is -0.495 e. The summed E-state index contributed by atoms with van der Waals surface area (Å²) in [5, 5.41) is 3.07. The lowest BCUT2D eigenvalue weighted by Gasteiger charge is -2.12. The molecule has 0 aliphatic heterocycles. The number of hydrogen-bond acceptors (Lipinski definition) is 4. The van der Waals surface area contributed by atoms with Gasteiger partial charge >= 0.3 is 0 Å². The number of methoxy groups -OCH3 is 1. The number of carbonyl (C=O) groups excluding carboxylic acids is 1. The molecule has 3 rings (SSSR count). The highest BCUT2D eigenvalue weighted by Crippen LogP contribution is 2.27. The van der Waals surface area contributed by atoms with E-state index in [9.17, 15) is 13.2 Å². The highest BCUT2D eigenvalue weighted by molar-refractivity contribution is 7.89. The molecule has 0 aliphatic carbocycles. The molecule has 0 radical (unpaired) electrons. The van der Waals surface area contributed by atoms with Crippen molar-refractivity contribution in [2.24, 2.45) is 0 Å². The third-order valence-electron chi connectivity index (χ3n) is 4.46. The fourth-order valence-corrected chi connectivity index (χ4v) is 4.37. The van der Waals surface area contributed by atoms with Crippen molar-refractivity contribution in [3.8, 4) is 5.75 Å². The van der Waals surface area contributed by atoms with Gasteiger partial charge in [-0.25, -0.2) is 13.1 Å². The van der Waals surface area contributed by atoms with Crippen molar-refractivity contribution in [2.75, 3.05) is 12.4 Å². The Morgan fingerprint density at radius 1 is 1.03 bits per heavy atom. The van der Waals surface area contributed by atoms with Gasteiger partial charge in [0, 0.05) is 17.8 Å². The van der Waals surface area contributed by atoms with Crippen LogP contribution in [-0.4, -0.2) is 21.4 Å². The normalized spacial score (nSPS) is 11.2. The average Bonchev–Trinajstić information content (AvgIpc) is 2.73. The van der Waals surface area contributed by atoms with E-state index in [1.54, 1.807) is 37.3 Å². The molecule has 0 bridgehead atoms. The van der Waals surface area contributed by atoms with Crippen molar-refractivity contribution in [1.29, 1.82) is 0 Å². The predicted molar refractivity (Wildman–Crippen MR) is 118 cm³/mol. The Kier molecular flexibility index (Phi) is 6.77. The molecular formula is C22H21ClN2O4S. The third kappa shape index (κ3) is 5.18. The van der Waals surface area contributed by atoms with Crippen LogP contribution in [-0.2, 0) is 16.6 Å². The molecule has 6 nitrogen and oxygen atoms in total. The number of ether oxygens (including phenoxy) is 1. The predicted octanol–water partition coefficient (Wildman–Crippen LogP) is 4.39. The van der Waals surface area contributed by atoms with Crippen LogP contribution in [0.3, 0.4) is 0 Å². The smallest absolute Gasteiger partial charge is 0.255 e. The van der Waals surface area contributed by atoms with E-state index in [1.165, 1.54) is 13.2 Å². The monoisotopic (exact) mass is 444 g/mol. The van der Waals surface area contributed by atoms with E-state index in [2.05, 4.69) is 10.0 Å². The number of aryl methyl sites for hydroxylation is 1. The minimum atomic E-state index is -3.80. The molecule has 0 heterocycles. The number of anilines is 1. The van der Waals surface area contributed by atoms with Gasteiger partial charge in [-0.1, -0.05) is 48.0 Å². The number of halogens is 1. The molecule has 0 aromatic heterocycles. The van der Waals surface area contributed by atoms with Crippen LogP contribution >= 0.6 is 11.6 Å². The molecule has 0 atom stereocenters. The van der Waals surface area contributed by atoms with Crippen LogP contribution in [0, 0.1) is 6.92 Å². The zero-order valence-corrected chi connectivity index (χ0v) is 18.0. The fraction of sp³-hybridized carbons (Fsp3) is 0.136. The van der Waals surface area contributed by atoms with Crippen molar-refractivity contribution in [3.05, 3.63) is 88.4 Å². The minimum absolute atomic E-state index is 0.0545. The van der Waals surface area contributed by atoms with Gasteiger partial charge in [0.2, 0.25) is 10.0 Å². The van der Waals surface area contributed by atoms with Gasteiger partial charge in [0.15, 0.2) is 0 Å². The lowest BCUT2D eigenvalue weighted by atomic mass is 10.1. The van der Waals surface area contributed by atoms with E-state index in [4.69, 9.17) is 16.3 Å². The fourth-order valence-electron chi connectivity index (χ4n) is 2.83. The Morgan fingerprint density at radius 2 is 1.77 bits per heavy atom. The van der Waals surface area contributed by atoms with Gasteiger partial charge in [0.1, 0.15) is 5.75 Å². The molecule has 0 aliphatic rings. The first-order valence-corrected chi connectivity index (χ1v) is 11.0. The van der Waals surface area contributed by atoms with E-state index in [0.717, 1.165) is 5.56 Å². The van der Waals surface area contributed by atoms with E-state index < -0.39 is 15.9 Å². The Hall–Kier alpha value is -2.87. The van der Waals surface area contributed by atoms with Crippen LogP contribution in [0.2, 0.25) is 5.02 Å². The SMILES string of the molecule is COc1ccc(NC(=O)c2ccc(C)c(S(=O)(=O)NCc3ccccc3)c2)cc1Cl. The van der Waals surface area contributed by atoms with E-state index in [-0.39, 0.29) is 17.0 Å². The van der Waals surface area contributed by atoms with Gasteiger partial charge in [0.05, 0.1) is 17.0 Å². The molecule has 156 valence electrons. The molecule has 0 fully saturated rings. The maximum atomic E-state index is 12.8. The van der Waals surface area contributed by atoms with Gasteiger partial charge in [-0.2, -0.15) is 0 Å². The van der Waals surface area contributed by atoms with E-state index in [0.29, 0.717) is 22.0 Å². The quantitative estimate of drug-likeness (QED) is 0.566. The number of rotatable bonds is 7. The summed E-state index contributed by atoms with van der Waals surface area (Å²) >= 11 is 6.09. The Bertz CT molecular complexity index is 1170. The van der Waals surface area contributed by atoms with E-state index >= 15 is 0 Å². The van der Waals surface area contributed by atoms with Gasteiger partial charge in [-0.05, 0) is 48.4 Å². The number of sulfonamides is 1. The molecule has 0 saturated heterocycles. The molecule has 3 aromatic carbocycles. The van der Waals surface area contributed by atoms with Gasteiger partial charge in [0.25, 0.3) is 5.91 Å². The molecule has 1 amide bonds. The maximum Gasteiger partial charge on any atom is 0.255 e. The molecular weight excluding hydrogens is 424 g/mol. The molecule has 30 heavy (non-hydrogen) atoms. The van der Waals surface area contributed by atoms with Gasteiger partial charge in [-0.3, -0.25) is 4.79 Å². The highest BCUT2D eigenvalue weighted by atomic mass is 35.5. The van der Waals surface area contributed by atoms with Crippen LogP contribution in [0.5, 0.6) is 5.75 Å². The second-order valence-corrected chi connectivity index (χ2v) is 8.74. The summed E-state index contributed by atoms with van der Waals surface area (Å²) in [6, 6.07) is 18.6. The van der Waals surface area contributed by atoms with Crippen molar-refractivity contribution >= 4 is 33.2 Å². The molecule has 0 spiro atoms. The van der Waals surface area contributed by atoms with Crippen molar-refractivity contribution < 1.29 is 17.9 Å². The molecule has 0 saturated carbocycles. The number of carbonyl (C=O) groups is 1. The van der Waals surface area contributed by atoms with E-state index in [1.807, 2.05) is 30.3 Å². The third-order valence-corrected chi connectivity index (χ3v) is 6.30. The molecule has 3 aromatic rings. The summed E-state index contributed by atoms with van der Waals surface area (Å²) in [4.78, 5) is 12.7. The lowest BCUT2D eigenvalue weighted by molar-refractivity contribution is 0.102. The molecule has 0 unspecified atom stereocenters. The first-order valence-electron chi connectivity index (χ1n) is 9.09. The standard InChI is InChI=1S/C22H21ClN2O4S/c1-15-8-9-17(22(26)25-18-10-11-20(29-2)19(23)13-18)12-21(15)30(27,28)24-14-16-6-4-3-5-7-16/h3-13,24H,14H2,1-2H3,(H,25,26). The van der Waals surface area contributed by atoms with Crippen molar-refractivity contribution in [2.45, 2.75) is 18.4 Å². The molecule has 8 heteroatoms. The summed E-state index contributed by atoms with van der Waals surface area (Å²) < 4.78 is 33.3. The summed E-state index contributed by atoms with van der Waals surface area (Å²) in [6.45, 7) is 1.84. The first kappa shape index (κ1) is 21.8. The summed E-state index contributed by atoms with van der Waals surface area (Å²) in [5.41, 5.74) is 2.06. The Morgan fingerprint density at radius 3 is 2.43 bits per heavy atom. The lowest BCUT2D eigenvalue weighted by Crippen LogP contribution is -2.24. The second kappa shape index (κ2) is 9.30. The zero-order chi connectivity index (χ0) is 21.7.